The molecular weight excluding hydrogens is 349 g/mol. The van der Waals surface area contributed by atoms with Crippen molar-refractivity contribution in [2.75, 3.05) is 0 Å². The summed E-state index contributed by atoms with van der Waals surface area (Å²) in [5.41, 5.74) is 1.26. The van der Waals surface area contributed by atoms with Gasteiger partial charge in [0.25, 0.3) is 5.56 Å². The summed E-state index contributed by atoms with van der Waals surface area (Å²) in [6.07, 6.45) is 1.71. The third-order valence-corrected chi connectivity index (χ3v) is 4.69. The smallest absolute Gasteiger partial charge is 0.267 e. The summed E-state index contributed by atoms with van der Waals surface area (Å²) in [6, 6.07) is 13.0. The summed E-state index contributed by atoms with van der Waals surface area (Å²) in [6.45, 7) is 0. The van der Waals surface area contributed by atoms with Crippen LogP contribution in [0.1, 0.15) is 5.56 Å². The molecule has 0 amide bonds. The molecule has 0 unspecified atom stereocenters. The van der Waals surface area contributed by atoms with Crippen LogP contribution >= 0.6 is 22.9 Å². The van der Waals surface area contributed by atoms with Gasteiger partial charge in [-0.3, -0.25) is 4.79 Å². The van der Waals surface area contributed by atoms with E-state index >= 15 is 0 Å². The van der Waals surface area contributed by atoms with Gasteiger partial charge >= 0.3 is 0 Å². The molecule has 4 rings (SSSR count). The van der Waals surface area contributed by atoms with Crippen LogP contribution in [0.15, 0.2) is 53.3 Å². The molecule has 0 fully saturated rings. The highest BCUT2D eigenvalue weighted by Crippen LogP contribution is 2.21. The Morgan fingerprint density at radius 3 is 2.67 bits per heavy atom. The Morgan fingerprint density at radius 1 is 1.12 bits per heavy atom. The van der Waals surface area contributed by atoms with Crippen LogP contribution in [0.3, 0.4) is 0 Å². The fourth-order valence-corrected chi connectivity index (χ4v) is 3.49. The van der Waals surface area contributed by atoms with Crippen LogP contribution in [0, 0.1) is 5.82 Å². The van der Waals surface area contributed by atoms with Gasteiger partial charge in [-0.05, 0) is 35.9 Å². The lowest BCUT2D eigenvalue weighted by molar-refractivity contribution is 0.628. The largest absolute Gasteiger partial charge is 0.276 e. The Balaban J connectivity index is 1.91. The van der Waals surface area contributed by atoms with Gasteiger partial charge in [0.15, 0.2) is 5.82 Å². The molecule has 0 saturated heterocycles. The highest BCUT2D eigenvalue weighted by atomic mass is 35.5. The number of rotatable bonds is 2. The van der Waals surface area contributed by atoms with Gasteiger partial charge in [0.05, 0.1) is 4.53 Å². The zero-order chi connectivity index (χ0) is 16.7. The highest BCUT2D eigenvalue weighted by Gasteiger charge is 2.14. The number of thiazole rings is 1. The molecule has 0 aliphatic rings. The predicted molar refractivity (Wildman–Crippen MR) is 92.8 cm³/mol. The van der Waals surface area contributed by atoms with Crippen molar-refractivity contribution in [3.05, 3.63) is 79.8 Å². The summed E-state index contributed by atoms with van der Waals surface area (Å²) in [5, 5.41) is 8.72. The molecule has 0 aliphatic carbocycles. The zero-order valence-corrected chi connectivity index (χ0v) is 13.7. The number of aromatic nitrogens is 3. The molecule has 0 atom stereocenters. The number of hydrogen-bond acceptors (Lipinski definition) is 4. The number of fused-ring (bicyclic) bond motifs is 1. The van der Waals surface area contributed by atoms with Crippen molar-refractivity contribution < 1.29 is 4.39 Å². The topological polar surface area (TPSA) is 47.3 Å². The van der Waals surface area contributed by atoms with Crippen LogP contribution in [0.4, 0.5) is 4.39 Å². The molecule has 0 spiro atoms. The van der Waals surface area contributed by atoms with Crippen molar-refractivity contribution in [3.8, 4) is 11.4 Å². The summed E-state index contributed by atoms with van der Waals surface area (Å²) < 4.78 is 15.0. The number of hydrogen-bond donors (Lipinski definition) is 0. The number of halogens is 2. The molecule has 2 aromatic heterocycles. The van der Waals surface area contributed by atoms with Crippen LogP contribution < -0.4 is 10.1 Å². The molecule has 4 aromatic rings. The van der Waals surface area contributed by atoms with E-state index in [4.69, 9.17) is 11.6 Å². The van der Waals surface area contributed by atoms with Crippen LogP contribution in [0.2, 0.25) is 5.02 Å². The van der Waals surface area contributed by atoms with E-state index in [1.165, 1.54) is 27.9 Å². The summed E-state index contributed by atoms with van der Waals surface area (Å²) in [7, 11) is 0. The molecule has 4 nitrogen and oxygen atoms in total. The first-order chi connectivity index (χ1) is 11.6. The molecule has 2 aromatic carbocycles. The van der Waals surface area contributed by atoms with Crippen LogP contribution in [-0.2, 0) is 0 Å². The Hall–Kier alpha value is -2.57. The zero-order valence-electron chi connectivity index (χ0n) is 12.1. The number of nitrogens with zero attached hydrogens (tertiary/aromatic N) is 3. The lowest BCUT2D eigenvalue weighted by Gasteiger charge is -1.97. The molecular formula is C17H9ClFN3OS. The van der Waals surface area contributed by atoms with Crippen molar-refractivity contribution in [1.29, 1.82) is 0 Å². The molecule has 0 saturated carbocycles. The van der Waals surface area contributed by atoms with E-state index in [1.807, 2.05) is 6.07 Å². The van der Waals surface area contributed by atoms with Gasteiger partial charge < -0.3 is 0 Å². The number of benzene rings is 2. The van der Waals surface area contributed by atoms with Crippen LogP contribution in [0.5, 0.6) is 0 Å². The predicted octanol–water partition coefficient (Wildman–Crippen LogP) is 3.16. The van der Waals surface area contributed by atoms with Gasteiger partial charge in [0, 0.05) is 10.6 Å². The Morgan fingerprint density at radius 2 is 1.92 bits per heavy atom. The lowest BCUT2D eigenvalue weighted by atomic mass is 10.2. The molecule has 7 heteroatoms. The monoisotopic (exact) mass is 357 g/mol. The molecule has 0 aliphatic heterocycles. The minimum Gasteiger partial charge on any atom is -0.267 e. The van der Waals surface area contributed by atoms with Gasteiger partial charge in [0.2, 0.25) is 4.96 Å². The van der Waals surface area contributed by atoms with Crippen molar-refractivity contribution in [3.63, 3.8) is 0 Å². The fourth-order valence-electron chi connectivity index (χ4n) is 2.39. The van der Waals surface area contributed by atoms with Crippen LogP contribution in [0.25, 0.3) is 22.4 Å². The molecule has 118 valence electrons. The lowest BCUT2D eigenvalue weighted by Crippen LogP contribution is -2.23. The standard InChI is InChI=1S/C17H9ClFN3OS/c18-12-3-1-2-11(9-12)15-20-21-17-22(15)16(23)14(24-17)8-10-4-6-13(19)7-5-10/h1-9H/b14-8-. The molecule has 0 radical (unpaired) electrons. The molecule has 2 heterocycles. The first-order valence-electron chi connectivity index (χ1n) is 7.03. The van der Waals surface area contributed by atoms with Gasteiger partial charge in [0.1, 0.15) is 5.82 Å². The van der Waals surface area contributed by atoms with E-state index in [1.54, 1.807) is 36.4 Å². The van der Waals surface area contributed by atoms with Crippen LogP contribution in [-0.4, -0.2) is 14.6 Å². The first kappa shape index (κ1) is 15.0. The molecule has 24 heavy (non-hydrogen) atoms. The Kier molecular flexibility index (Phi) is 3.63. The second-order valence-electron chi connectivity index (χ2n) is 5.12. The van der Waals surface area contributed by atoms with Gasteiger partial charge in [-0.2, -0.15) is 0 Å². The normalized spacial score (nSPS) is 12.2. The maximum absolute atomic E-state index is 13.0. The van der Waals surface area contributed by atoms with E-state index in [0.717, 1.165) is 11.1 Å². The quantitative estimate of drug-likeness (QED) is 0.553. The highest BCUT2D eigenvalue weighted by molar-refractivity contribution is 7.15. The second kappa shape index (κ2) is 5.81. The molecule has 0 N–H and O–H groups in total. The van der Waals surface area contributed by atoms with Crippen molar-refractivity contribution in [2.45, 2.75) is 0 Å². The molecule has 0 bridgehead atoms. The van der Waals surface area contributed by atoms with Crippen molar-refractivity contribution in [1.82, 2.24) is 14.6 Å². The summed E-state index contributed by atoms with van der Waals surface area (Å²) >= 11 is 7.25. The van der Waals surface area contributed by atoms with Gasteiger partial charge in [-0.25, -0.2) is 8.79 Å². The van der Waals surface area contributed by atoms with E-state index in [-0.39, 0.29) is 11.4 Å². The van der Waals surface area contributed by atoms with E-state index in [2.05, 4.69) is 10.2 Å². The summed E-state index contributed by atoms with van der Waals surface area (Å²) in [5.74, 6) is 0.135. The van der Waals surface area contributed by atoms with Crippen molar-refractivity contribution >= 4 is 34.0 Å². The van der Waals surface area contributed by atoms with E-state index in [9.17, 15) is 9.18 Å². The van der Waals surface area contributed by atoms with E-state index < -0.39 is 0 Å². The van der Waals surface area contributed by atoms with Crippen molar-refractivity contribution in [2.24, 2.45) is 0 Å². The van der Waals surface area contributed by atoms with Gasteiger partial charge in [-0.1, -0.05) is 47.2 Å². The maximum Gasteiger partial charge on any atom is 0.276 e. The fraction of sp³-hybridized carbons (Fsp3) is 0. The minimum absolute atomic E-state index is 0.209. The Bertz CT molecular complexity index is 1150. The minimum atomic E-state index is -0.317. The summed E-state index contributed by atoms with van der Waals surface area (Å²) in [4.78, 5) is 13.2. The van der Waals surface area contributed by atoms with E-state index in [0.29, 0.717) is 20.3 Å². The second-order valence-corrected chi connectivity index (χ2v) is 6.56. The third kappa shape index (κ3) is 2.60. The Labute approximate surface area is 144 Å². The average Bonchev–Trinajstić information content (AvgIpc) is 3.11. The third-order valence-electron chi connectivity index (χ3n) is 3.50. The van der Waals surface area contributed by atoms with Gasteiger partial charge in [-0.15, -0.1) is 10.2 Å². The first-order valence-corrected chi connectivity index (χ1v) is 8.22. The SMILES string of the molecule is O=c1/c(=C/c2ccc(F)cc2)sc2nnc(-c3cccc(Cl)c3)n12. The maximum atomic E-state index is 13.0. The average molecular weight is 358 g/mol.